The first-order chi connectivity index (χ1) is 12.7. The van der Waals surface area contributed by atoms with Crippen LogP contribution in [0.4, 0.5) is 0 Å². The van der Waals surface area contributed by atoms with Crippen molar-refractivity contribution < 1.29 is 24.9 Å². The normalized spacial score (nSPS) is 15.4. The number of aliphatic hydroxyl groups excluding tert-OH is 1. The molecule has 0 amide bonds. The number of hydrogen-bond donors (Lipinski definition) is 3. The molecule has 150 valence electrons. The van der Waals surface area contributed by atoms with Gasteiger partial charge in [0.05, 0.1) is 6.61 Å². The Morgan fingerprint density at radius 1 is 0.926 bits per heavy atom. The van der Waals surface area contributed by atoms with Crippen LogP contribution in [0.3, 0.4) is 0 Å². The number of aryl methyl sites for hydroxylation is 3. The molecule has 0 radical (unpaired) electrons. The fraction of sp³-hybridized carbons (Fsp3) is 0.500. The lowest BCUT2D eigenvalue weighted by Crippen LogP contribution is -2.46. The van der Waals surface area contributed by atoms with E-state index in [4.69, 9.17) is 15.3 Å². The van der Waals surface area contributed by atoms with Crippen LogP contribution in [0.5, 0.6) is 0 Å². The largest absolute Gasteiger partial charge is 0.478 e. The number of carboxylic acid groups (broad SMARTS) is 2. The zero-order valence-corrected chi connectivity index (χ0v) is 16.3. The molecule has 1 aliphatic rings. The lowest BCUT2D eigenvalue weighted by atomic mass is 9.99. The van der Waals surface area contributed by atoms with Crippen LogP contribution in [-0.4, -0.2) is 76.4 Å². The molecule has 7 heteroatoms. The SMILES string of the molecule is Cc1cc(C)c(CN2CCN(CCO)CC2)c(C)c1.O=C(O)C=CC(=O)O. The topological polar surface area (TPSA) is 101 Å². The van der Waals surface area contributed by atoms with E-state index in [0.717, 1.165) is 39.3 Å². The van der Waals surface area contributed by atoms with E-state index in [1.54, 1.807) is 0 Å². The van der Waals surface area contributed by atoms with Crippen molar-refractivity contribution in [2.24, 2.45) is 0 Å². The van der Waals surface area contributed by atoms with Gasteiger partial charge in [-0.05, 0) is 37.5 Å². The van der Waals surface area contributed by atoms with Crippen molar-refractivity contribution in [3.8, 4) is 0 Å². The highest BCUT2D eigenvalue weighted by Gasteiger charge is 2.17. The molecular weight excluding hydrogens is 348 g/mol. The molecule has 2 rings (SSSR count). The van der Waals surface area contributed by atoms with E-state index >= 15 is 0 Å². The third-order valence-corrected chi connectivity index (χ3v) is 4.47. The van der Waals surface area contributed by atoms with Crippen LogP contribution in [-0.2, 0) is 16.1 Å². The highest BCUT2D eigenvalue weighted by molar-refractivity contribution is 5.89. The van der Waals surface area contributed by atoms with Gasteiger partial charge in [0, 0.05) is 51.4 Å². The minimum atomic E-state index is -1.26. The molecule has 1 aromatic carbocycles. The van der Waals surface area contributed by atoms with Crippen molar-refractivity contribution in [3.05, 3.63) is 46.5 Å². The van der Waals surface area contributed by atoms with Crippen molar-refractivity contribution in [1.29, 1.82) is 0 Å². The van der Waals surface area contributed by atoms with Crippen LogP contribution in [0.15, 0.2) is 24.3 Å². The molecule has 3 N–H and O–H groups in total. The van der Waals surface area contributed by atoms with Gasteiger partial charge in [-0.3, -0.25) is 9.80 Å². The maximum Gasteiger partial charge on any atom is 0.328 e. The minimum Gasteiger partial charge on any atom is -0.478 e. The van der Waals surface area contributed by atoms with Crippen molar-refractivity contribution in [1.82, 2.24) is 9.80 Å². The average Bonchev–Trinajstić information content (AvgIpc) is 2.58. The summed E-state index contributed by atoms with van der Waals surface area (Å²) >= 11 is 0. The van der Waals surface area contributed by atoms with Crippen molar-refractivity contribution in [2.75, 3.05) is 39.3 Å². The van der Waals surface area contributed by atoms with Gasteiger partial charge >= 0.3 is 11.9 Å². The minimum absolute atomic E-state index is 0.274. The Morgan fingerprint density at radius 2 is 1.37 bits per heavy atom. The van der Waals surface area contributed by atoms with E-state index in [1.165, 1.54) is 22.3 Å². The molecule has 7 nitrogen and oxygen atoms in total. The summed E-state index contributed by atoms with van der Waals surface area (Å²) in [4.78, 5) is 24.0. The lowest BCUT2D eigenvalue weighted by molar-refractivity contribution is -0.134. The van der Waals surface area contributed by atoms with Gasteiger partial charge in [-0.25, -0.2) is 9.59 Å². The van der Waals surface area contributed by atoms with Crippen molar-refractivity contribution in [3.63, 3.8) is 0 Å². The number of nitrogens with zero attached hydrogens (tertiary/aromatic N) is 2. The molecule has 1 saturated heterocycles. The molecule has 1 aromatic rings. The fourth-order valence-corrected chi connectivity index (χ4v) is 3.14. The van der Waals surface area contributed by atoms with Gasteiger partial charge in [-0.1, -0.05) is 17.7 Å². The Morgan fingerprint density at radius 3 is 1.78 bits per heavy atom. The molecule has 0 aromatic heterocycles. The summed E-state index contributed by atoms with van der Waals surface area (Å²) in [5.74, 6) is -2.51. The third-order valence-electron chi connectivity index (χ3n) is 4.47. The van der Waals surface area contributed by atoms with Crippen LogP contribution in [0.2, 0.25) is 0 Å². The van der Waals surface area contributed by atoms with Gasteiger partial charge in [-0.15, -0.1) is 0 Å². The van der Waals surface area contributed by atoms with E-state index in [9.17, 15) is 9.59 Å². The van der Waals surface area contributed by atoms with Gasteiger partial charge in [0.1, 0.15) is 0 Å². The van der Waals surface area contributed by atoms with Gasteiger partial charge < -0.3 is 15.3 Å². The summed E-state index contributed by atoms with van der Waals surface area (Å²) in [6.07, 6.45) is 1.12. The summed E-state index contributed by atoms with van der Waals surface area (Å²) in [7, 11) is 0. The van der Waals surface area contributed by atoms with E-state index < -0.39 is 11.9 Å². The second-order valence-electron chi connectivity index (χ2n) is 6.73. The zero-order valence-electron chi connectivity index (χ0n) is 16.3. The summed E-state index contributed by atoms with van der Waals surface area (Å²) < 4.78 is 0. The number of benzene rings is 1. The quantitative estimate of drug-likeness (QED) is 0.644. The second kappa shape index (κ2) is 11.5. The van der Waals surface area contributed by atoms with Gasteiger partial charge in [-0.2, -0.15) is 0 Å². The van der Waals surface area contributed by atoms with Crippen molar-refractivity contribution >= 4 is 11.9 Å². The van der Waals surface area contributed by atoms with Crippen LogP contribution >= 0.6 is 0 Å². The Hall–Kier alpha value is -2.22. The molecule has 0 saturated carbocycles. The first-order valence-electron chi connectivity index (χ1n) is 8.99. The Bertz CT molecular complexity index is 625. The number of β-amino-alcohol motifs (C(OH)–C–C–N with tert-alkyl or cyclic N) is 1. The van der Waals surface area contributed by atoms with Crippen molar-refractivity contribution in [2.45, 2.75) is 27.3 Å². The second-order valence-corrected chi connectivity index (χ2v) is 6.73. The van der Waals surface area contributed by atoms with Crippen LogP contribution in [0, 0.1) is 20.8 Å². The Labute approximate surface area is 160 Å². The van der Waals surface area contributed by atoms with Crippen LogP contribution in [0.25, 0.3) is 0 Å². The predicted octanol–water partition coefficient (Wildman–Crippen LogP) is 1.43. The number of hydrogen-bond acceptors (Lipinski definition) is 5. The third kappa shape index (κ3) is 8.81. The standard InChI is InChI=1S/C16H26N2O.C4H4O4/c1-13-10-14(2)16(15(3)11-13)12-18-6-4-17(5-7-18)8-9-19;5-3(6)1-2-4(7)8/h10-11,19H,4-9,12H2,1-3H3;1-2H,(H,5,6)(H,7,8). The van der Waals surface area contributed by atoms with Crippen LogP contribution in [0.1, 0.15) is 22.3 Å². The molecule has 0 spiro atoms. The molecule has 1 fully saturated rings. The number of piperazine rings is 1. The highest BCUT2D eigenvalue weighted by atomic mass is 16.4. The van der Waals surface area contributed by atoms with E-state index in [-0.39, 0.29) is 6.61 Å². The maximum atomic E-state index is 9.55. The molecule has 1 aliphatic heterocycles. The summed E-state index contributed by atoms with van der Waals surface area (Å²) in [6, 6.07) is 4.56. The number of aliphatic hydroxyl groups is 1. The Balaban J connectivity index is 0.000000387. The number of rotatable bonds is 6. The highest BCUT2D eigenvalue weighted by Crippen LogP contribution is 2.19. The van der Waals surface area contributed by atoms with Gasteiger partial charge in [0.15, 0.2) is 0 Å². The monoisotopic (exact) mass is 378 g/mol. The zero-order chi connectivity index (χ0) is 20.4. The molecule has 0 atom stereocenters. The first-order valence-corrected chi connectivity index (χ1v) is 8.99. The molecule has 0 bridgehead atoms. The lowest BCUT2D eigenvalue weighted by Gasteiger charge is -2.34. The molecular formula is C20H30N2O5. The summed E-state index contributed by atoms with van der Waals surface area (Å²) in [6.45, 7) is 13.1. The summed E-state index contributed by atoms with van der Waals surface area (Å²) in [5, 5.41) is 24.6. The van der Waals surface area contributed by atoms with Crippen LogP contribution < -0.4 is 0 Å². The number of carboxylic acids is 2. The number of carbonyl (C=O) groups is 2. The smallest absolute Gasteiger partial charge is 0.328 e. The van der Waals surface area contributed by atoms with E-state index in [1.807, 2.05) is 0 Å². The molecule has 27 heavy (non-hydrogen) atoms. The van der Waals surface area contributed by atoms with Gasteiger partial charge in [0.25, 0.3) is 0 Å². The maximum absolute atomic E-state index is 9.55. The Kier molecular flexibility index (Phi) is 9.71. The van der Waals surface area contributed by atoms with E-state index in [0.29, 0.717) is 12.2 Å². The molecule has 0 unspecified atom stereocenters. The number of aliphatic carboxylic acids is 2. The predicted molar refractivity (Wildman–Crippen MR) is 104 cm³/mol. The molecule has 0 aliphatic carbocycles. The fourth-order valence-electron chi connectivity index (χ4n) is 3.14. The van der Waals surface area contributed by atoms with Gasteiger partial charge in [0.2, 0.25) is 0 Å². The summed E-state index contributed by atoms with van der Waals surface area (Å²) in [5.41, 5.74) is 5.67. The first kappa shape index (κ1) is 22.8. The van der Waals surface area contributed by atoms with E-state index in [2.05, 4.69) is 42.7 Å². The average molecular weight is 378 g/mol. The molecule has 1 heterocycles.